The van der Waals surface area contributed by atoms with Crippen LogP contribution in [0.3, 0.4) is 0 Å². The molecule has 1 rings (SSSR count). The molecule has 1 saturated heterocycles. The summed E-state index contributed by atoms with van der Waals surface area (Å²) in [6, 6.07) is 0. The Balaban J connectivity index is 2.66. The van der Waals surface area contributed by atoms with E-state index in [4.69, 9.17) is 5.11 Å². The van der Waals surface area contributed by atoms with Crippen molar-refractivity contribution in [3.05, 3.63) is 0 Å². The lowest BCUT2D eigenvalue weighted by Gasteiger charge is -2.37. The molecule has 7 heteroatoms. The lowest BCUT2D eigenvalue weighted by atomic mass is 10.1. The number of hydrogen-bond donors (Lipinski definition) is 1. The molecule has 0 aromatic rings. The molecule has 1 heterocycles. The van der Waals surface area contributed by atoms with Crippen LogP contribution in [0, 0.1) is 0 Å². The molecule has 0 aromatic carbocycles. The predicted molar refractivity (Wildman–Crippen MR) is 69.0 cm³/mol. The number of aliphatic hydroxyl groups is 1. The van der Waals surface area contributed by atoms with E-state index in [1.807, 2.05) is 0 Å². The molecule has 1 fully saturated rings. The highest BCUT2D eigenvalue weighted by atomic mass is 32.2. The lowest BCUT2D eigenvalue weighted by Crippen LogP contribution is -2.56. The molecule has 0 saturated carbocycles. The second-order valence-corrected chi connectivity index (χ2v) is 7.70. The number of aliphatic hydroxyl groups excluding tert-OH is 1. The molecule has 106 valence electrons. The molecule has 1 aliphatic rings. The van der Waals surface area contributed by atoms with Crippen LogP contribution in [0.2, 0.25) is 0 Å². The van der Waals surface area contributed by atoms with Gasteiger partial charge in [-0.2, -0.15) is 0 Å². The Bertz CT molecular complexity index is 397. The van der Waals surface area contributed by atoms with E-state index in [2.05, 4.69) is 4.90 Å². The highest BCUT2D eigenvalue weighted by Crippen LogP contribution is 2.19. The molecule has 1 amide bonds. The Morgan fingerprint density at radius 3 is 2.11 bits per heavy atom. The van der Waals surface area contributed by atoms with E-state index >= 15 is 0 Å². The molecule has 6 nitrogen and oxygen atoms in total. The van der Waals surface area contributed by atoms with Crippen molar-refractivity contribution in [3.8, 4) is 0 Å². The third-order valence-corrected chi connectivity index (χ3v) is 5.55. The van der Waals surface area contributed by atoms with Crippen LogP contribution in [0.4, 0.5) is 0 Å². The van der Waals surface area contributed by atoms with Crippen molar-refractivity contribution < 1.29 is 18.3 Å². The van der Waals surface area contributed by atoms with Gasteiger partial charge < -0.3 is 10.0 Å². The topological polar surface area (TPSA) is 77.9 Å². The van der Waals surface area contributed by atoms with Gasteiger partial charge in [0.2, 0.25) is 5.91 Å². The maximum Gasteiger partial charge on any atom is 0.243 e. The summed E-state index contributed by atoms with van der Waals surface area (Å²) in [6.07, 6.45) is 1.09. The van der Waals surface area contributed by atoms with E-state index < -0.39 is 14.6 Å². The number of nitrogens with zero attached hydrogens (tertiary/aromatic N) is 2. The molecular weight excluding hydrogens is 256 g/mol. The highest BCUT2D eigenvalue weighted by molar-refractivity contribution is 7.92. The molecular formula is C11H22N2O4S. The summed E-state index contributed by atoms with van der Waals surface area (Å²) in [5.41, 5.74) is 0. The summed E-state index contributed by atoms with van der Waals surface area (Å²) in [4.78, 5) is 15.9. The number of amides is 1. The monoisotopic (exact) mass is 278 g/mol. The van der Waals surface area contributed by atoms with Gasteiger partial charge in [-0.1, -0.05) is 0 Å². The maximum atomic E-state index is 12.2. The summed E-state index contributed by atoms with van der Waals surface area (Å²) >= 11 is 0. The van der Waals surface area contributed by atoms with Gasteiger partial charge in [0.15, 0.2) is 9.84 Å². The smallest absolute Gasteiger partial charge is 0.243 e. The SMILES string of the molecule is CC(C)(C(=O)N1CCN(CCO)CC1)S(C)(=O)=O. The first-order valence-electron chi connectivity index (χ1n) is 6.02. The van der Waals surface area contributed by atoms with E-state index in [-0.39, 0.29) is 12.5 Å². The highest BCUT2D eigenvalue weighted by Gasteiger charge is 2.41. The van der Waals surface area contributed by atoms with Crippen LogP contribution in [-0.2, 0) is 14.6 Å². The first kappa shape index (κ1) is 15.4. The van der Waals surface area contributed by atoms with Crippen LogP contribution < -0.4 is 0 Å². The van der Waals surface area contributed by atoms with Gasteiger partial charge in [0, 0.05) is 39.0 Å². The molecule has 0 aliphatic carbocycles. The zero-order valence-electron chi connectivity index (χ0n) is 11.2. The van der Waals surface area contributed by atoms with Crippen molar-refractivity contribution in [2.75, 3.05) is 45.6 Å². The fourth-order valence-corrected chi connectivity index (χ4v) is 2.30. The molecule has 0 bridgehead atoms. The molecule has 0 aromatic heterocycles. The summed E-state index contributed by atoms with van der Waals surface area (Å²) in [6.45, 7) is 5.96. The van der Waals surface area contributed by atoms with Gasteiger partial charge in [-0.15, -0.1) is 0 Å². The van der Waals surface area contributed by atoms with Crippen molar-refractivity contribution in [2.24, 2.45) is 0 Å². The number of sulfone groups is 1. The van der Waals surface area contributed by atoms with Gasteiger partial charge in [-0.05, 0) is 13.8 Å². The van der Waals surface area contributed by atoms with Crippen LogP contribution in [0.25, 0.3) is 0 Å². The van der Waals surface area contributed by atoms with Gasteiger partial charge in [0.25, 0.3) is 0 Å². The summed E-state index contributed by atoms with van der Waals surface area (Å²) < 4.78 is 21.9. The third-order valence-electron chi connectivity index (χ3n) is 3.52. The van der Waals surface area contributed by atoms with Crippen molar-refractivity contribution in [3.63, 3.8) is 0 Å². The molecule has 18 heavy (non-hydrogen) atoms. The minimum absolute atomic E-state index is 0.1000. The van der Waals surface area contributed by atoms with Gasteiger partial charge >= 0.3 is 0 Å². The van der Waals surface area contributed by atoms with Crippen LogP contribution >= 0.6 is 0 Å². The zero-order valence-corrected chi connectivity index (χ0v) is 12.0. The number of carbonyl (C=O) groups is 1. The molecule has 0 atom stereocenters. The van der Waals surface area contributed by atoms with Crippen molar-refractivity contribution in [2.45, 2.75) is 18.6 Å². The van der Waals surface area contributed by atoms with E-state index in [9.17, 15) is 13.2 Å². The van der Waals surface area contributed by atoms with Gasteiger partial charge in [-0.25, -0.2) is 8.42 Å². The van der Waals surface area contributed by atoms with Gasteiger partial charge in [0.05, 0.1) is 6.61 Å². The van der Waals surface area contributed by atoms with Crippen LogP contribution in [0.1, 0.15) is 13.8 Å². The van der Waals surface area contributed by atoms with Crippen LogP contribution in [0.15, 0.2) is 0 Å². The predicted octanol–water partition coefficient (Wildman–Crippen LogP) is -1.05. The fourth-order valence-electron chi connectivity index (χ4n) is 1.86. The Morgan fingerprint density at radius 2 is 1.72 bits per heavy atom. The van der Waals surface area contributed by atoms with E-state index in [0.717, 1.165) is 6.26 Å². The van der Waals surface area contributed by atoms with Crippen molar-refractivity contribution >= 4 is 15.7 Å². The molecule has 0 radical (unpaired) electrons. The normalized spacial score (nSPS) is 19.0. The van der Waals surface area contributed by atoms with E-state index in [1.54, 1.807) is 4.90 Å². The van der Waals surface area contributed by atoms with Gasteiger partial charge in [0.1, 0.15) is 4.75 Å². The Hall–Kier alpha value is -0.660. The maximum absolute atomic E-state index is 12.2. The summed E-state index contributed by atoms with van der Waals surface area (Å²) in [5, 5.41) is 8.83. The first-order chi connectivity index (χ1) is 8.20. The second-order valence-electron chi connectivity index (χ2n) is 5.14. The quantitative estimate of drug-likeness (QED) is 0.710. The second kappa shape index (κ2) is 5.54. The van der Waals surface area contributed by atoms with E-state index in [1.165, 1.54) is 13.8 Å². The number of hydrogen-bond acceptors (Lipinski definition) is 5. The van der Waals surface area contributed by atoms with E-state index in [0.29, 0.717) is 32.7 Å². The third kappa shape index (κ3) is 3.21. The fraction of sp³-hybridized carbons (Fsp3) is 0.909. The Morgan fingerprint density at radius 1 is 1.22 bits per heavy atom. The lowest BCUT2D eigenvalue weighted by molar-refractivity contribution is -0.134. The van der Waals surface area contributed by atoms with Crippen molar-refractivity contribution in [1.29, 1.82) is 0 Å². The first-order valence-corrected chi connectivity index (χ1v) is 7.91. The summed E-state index contributed by atoms with van der Waals surface area (Å²) in [5.74, 6) is -0.339. The van der Waals surface area contributed by atoms with Crippen LogP contribution in [0.5, 0.6) is 0 Å². The van der Waals surface area contributed by atoms with Crippen LogP contribution in [-0.4, -0.2) is 79.6 Å². The molecule has 1 N–H and O–H groups in total. The Labute approximate surface area is 108 Å². The average Bonchev–Trinajstić information content (AvgIpc) is 2.28. The number of β-amino-alcohol motifs (C(OH)–C–C–N with tert-alkyl or cyclic N) is 1. The molecule has 0 unspecified atom stereocenters. The number of piperazine rings is 1. The summed E-state index contributed by atoms with van der Waals surface area (Å²) in [7, 11) is -3.42. The number of rotatable bonds is 4. The molecule has 1 aliphatic heterocycles. The van der Waals surface area contributed by atoms with Gasteiger partial charge in [-0.3, -0.25) is 9.69 Å². The molecule has 0 spiro atoms. The Kier molecular flexibility index (Phi) is 4.74. The minimum atomic E-state index is -3.42. The largest absolute Gasteiger partial charge is 0.395 e. The zero-order chi connectivity index (χ0) is 14.0. The van der Waals surface area contributed by atoms with Crippen molar-refractivity contribution in [1.82, 2.24) is 9.80 Å². The number of carbonyl (C=O) groups excluding carboxylic acids is 1. The standard InChI is InChI=1S/C11H22N2O4S/c1-11(2,18(3,16)17)10(15)13-6-4-12(5-7-13)8-9-14/h14H,4-9H2,1-3H3. The average molecular weight is 278 g/mol. The minimum Gasteiger partial charge on any atom is -0.395 e.